The molecule has 0 saturated carbocycles. The van der Waals surface area contributed by atoms with E-state index in [-0.39, 0.29) is 26.1 Å². The minimum atomic E-state index is -4.34. The third-order valence-electron chi connectivity index (χ3n) is 4.15. The van der Waals surface area contributed by atoms with Crippen molar-refractivity contribution in [2.24, 2.45) is 0 Å². The molecule has 3 nitrogen and oxygen atoms in total. The van der Waals surface area contributed by atoms with Gasteiger partial charge in [0.05, 0.1) is 4.90 Å². The third-order valence-corrected chi connectivity index (χ3v) is 7.68. The van der Waals surface area contributed by atoms with Gasteiger partial charge in [-0.15, -0.1) is 0 Å². The summed E-state index contributed by atoms with van der Waals surface area (Å²) in [5, 5.41) is 0. The van der Waals surface area contributed by atoms with Gasteiger partial charge in [-0.1, -0.05) is 78.9 Å². The van der Waals surface area contributed by atoms with E-state index in [9.17, 15) is 13.0 Å². The summed E-state index contributed by atoms with van der Waals surface area (Å²) in [7, 11) is -4.34. The zero-order valence-corrected chi connectivity index (χ0v) is 19.2. The van der Waals surface area contributed by atoms with Gasteiger partial charge in [0.1, 0.15) is 10.1 Å². The van der Waals surface area contributed by atoms with Crippen LogP contribution in [0.15, 0.2) is 120 Å². The Morgan fingerprint density at radius 1 is 0.567 bits per heavy atom. The molecule has 0 aliphatic heterocycles. The summed E-state index contributed by atoms with van der Waals surface area (Å²) in [5.41, 5.74) is 2.12. The van der Waals surface area contributed by atoms with Crippen LogP contribution < -0.4 is 21.2 Å². The van der Waals surface area contributed by atoms with Gasteiger partial charge in [0, 0.05) is 0 Å². The Balaban J connectivity index is 0.000000177. The van der Waals surface area contributed by atoms with Crippen LogP contribution in [0.5, 0.6) is 0 Å². The van der Waals surface area contributed by atoms with Gasteiger partial charge in [0.2, 0.25) is 0 Å². The molecule has 0 spiro atoms. The Hall–Kier alpha value is -2.48. The summed E-state index contributed by atoms with van der Waals surface area (Å²) < 4.78 is 35.2. The lowest BCUT2D eigenvalue weighted by Crippen LogP contribution is -3.61. The Labute approximate surface area is 188 Å². The average molecular weight is 528 g/mol. The highest BCUT2D eigenvalue weighted by atomic mass is 127. The van der Waals surface area contributed by atoms with Crippen molar-refractivity contribution in [3.63, 3.8) is 0 Å². The molecule has 0 aliphatic carbocycles. The van der Waals surface area contributed by atoms with E-state index in [2.05, 4.69) is 60.7 Å². The zero-order valence-electron chi connectivity index (χ0n) is 16.2. The van der Waals surface area contributed by atoms with Crippen molar-refractivity contribution in [2.75, 3.05) is 0 Å². The van der Waals surface area contributed by atoms with E-state index in [0.29, 0.717) is 0 Å². The van der Waals surface area contributed by atoms with Crippen molar-refractivity contribution in [1.82, 2.24) is 0 Å². The molecular weight excluding hydrogens is 507 g/mol. The quantitative estimate of drug-likeness (QED) is 0.294. The first kappa shape index (κ1) is 22.2. The minimum absolute atomic E-state index is 0.0287. The lowest BCUT2D eigenvalue weighted by atomic mass is 10.1. The monoisotopic (exact) mass is 528 g/mol. The molecule has 4 aromatic rings. The van der Waals surface area contributed by atoms with E-state index in [0.717, 1.165) is 17.5 Å². The molecule has 0 fully saturated rings. The molecule has 5 heteroatoms. The van der Waals surface area contributed by atoms with E-state index in [1.54, 1.807) is 12.1 Å². The second-order valence-corrected chi connectivity index (χ2v) is 10.9. The number of halogens is 1. The van der Waals surface area contributed by atoms with Crippen LogP contribution in [-0.2, 0) is 16.5 Å². The van der Waals surface area contributed by atoms with Gasteiger partial charge in [-0.05, 0) is 53.9 Å². The van der Waals surface area contributed by atoms with Gasteiger partial charge >= 0.3 is 21.2 Å². The standard InChI is InChI=1S/C13H12O3S.C12H10I/c14-17(15,16)13-8-6-12(7-9-13)10-11-4-2-1-3-5-11;1-3-7-11(8-4-1)13-12-9-5-2-6-10-12/h1-9H,10H2,(H,14,15,16);1-10H/q;+1/p-1. The maximum Gasteiger partial charge on any atom is 0.357 e. The van der Waals surface area contributed by atoms with Crippen LogP contribution in [0.25, 0.3) is 0 Å². The van der Waals surface area contributed by atoms with Gasteiger partial charge in [-0.3, -0.25) is 0 Å². The first-order valence-corrected chi connectivity index (χ1v) is 12.9. The molecule has 0 saturated heterocycles. The van der Waals surface area contributed by atoms with Crippen molar-refractivity contribution in [3.8, 4) is 0 Å². The molecule has 0 N–H and O–H groups in total. The number of rotatable bonds is 5. The molecule has 0 atom stereocenters. The predicted octanol–water partition coefficient (Wildman–Crippen LogP) is 2.00. The fourth-order valence-corrected chi connectivity index (χ4v) is 5.43. The van der Waals surface area contributed by atoms with Crippen LogP contribution in [-0.4, -0.2) is 13.0 Å². The van der Waals surface area contributed by atoms with Crippen LogP contribution in [0.3, 0.4) is 0 Å². The van der Waals surface area contributed by atoms with Gasteiger partial charge in [-0.2, -0.15) is 0 Å². The molecule has 30 heavy (non-hydrogen) atoms. The highest BCUT2D eigenvalue weighted by molar-refractivity contribution is 7.85. The fourth-order valence-electron chi connectivity index (χ4n) is 2.69. The van der Waals surface area contributed by atoms with E-state index >= 15 is 0 Å². The van der Waals surface area contributed by atoms with Crippen molar-refractivity contribution >= 4 is 10.1 Å². The number of hydrogen-bond acceptors (Lipinski definition) is 3. The summed E-state index contributed by atoms with van der Waals surface area (Å²) in [6.45, 7) is 0. The molecule has 0 unspecified atom stereocenters. The molecule has 0 amide bonds. The molecule has 0 aromatic heterocycles. The fraction of sp³-hybridized carbons (Fsp3) is 0.0400. The summed E-state index contributed by atoms with van der Waals surface area (Å²) >= 11 is 0.0287. The lowest BCUT2D eigenvalue weighted by molar-refractivity contribution is -0.597. The van der Waals surface area contributed by atoms with Gasteiger partial charge in [0.25, 0.3) is 0 Å². The van der Waals surface area contributed by atoms with Gasteiger partial charge in [0.15, 0.2) is 7.14 Å². The van der Waals surface area contributed by atoms with E-state index in [1.165, 1.54) is 19.3 Å². The number of benzene rings is 4. The van der Waals surface area contributed by atoms with Crippen LogP contribution >= 0.6 is 0 Å². The second kappa shape index (κ2) is 11.1. The topological polar surface area (TPSA) is 57.2 Å². The SMILES string of the molecule is O=S(=O)([O-])c1ccc(Cc2ccccc2)cc1.c1ccc([I+]c2ccccc2)cc1. The van der Waals surface area contributed by atoms with Crippen LogP contribution in [0.2, 0.25) is 0 Å². The molecule has 4 rings (SSSR count). The van der Waals surface area contributed by atoms with Gasteiger partial charge in [-0.25, -0.2) is 8.42 Å². The Kier molecular flexibility index (Phi) is 8.19. The van der Waals surface area contributed by atoms with Crippen LogP contribution in [0.1, 0.15) is 11.1 Å². The van der Waals surface area contributed by atoms with E-state index in [4.69, 9.17) is 0 Å². The molecule has 4 aromatic carbocycles. The number of hydrogen-bond donors (Lipinski definition) is 0. The summed E-state index contributed by atoms with van der Waals surface area (Å²) in [6.07, 6.45) is 0.722. The molecule has 0 heterocycles. The Morgan fingerprint density at radius 2 is 0.967 bits per heavy atom. The summed E-state index contributed by atoms with van der Waals surface area (Å²) in [6, 6.07) is 37.3. The highest BCUT2D eigenvalue weighted by Crippen LogP contribution is 2.13. The summed E-state index contributed by atoms with van der Waals surface area (Å²) in [5.74, 6) is 0. The third kappa shape index (κ3) is 7.40. The molecule has 152 valence electrons. The molecular formula is C25H21IO3S. The minimum Gasteiger partial charge on any atom is -0.744 e. The highest BCUT2D eigenvalue weighted by Gasteiger charge is 2.12. The maximum atomic E-state index is 10.7. The smallest absolute Gasteiger partial charge is 0.357 e. The maximum absolute atomic E-state index is 10.7. The average Bonchev–Trinajstić information content (AvgIpc) is 2.76. The van der Waals surface area contributed by atoms with Crippen molar-refractivity contribution in [3.05, 3.63) is 134 Å². The zero-order chi connectivity index (χ0) is 21.2. The molecule has 0 aliphatic rings. The summed E-state index contributed by atoms with van der Waals surface area (Å²) in [4.78, 5) is -0.186. The second-order valence-electron chi connectivity index (χ2n) is 6.45. The van der Waals surface area contributed by atoms with Crippen LogP contribution in [0.4, 0.5) is 0 Å². The first-order chi connectivity index (χ1) is 14.5. The van der Waals surface area contributed by atoms with E-state index in [1.807, 2.05) is 30.3 Å². The lowest BCUT2D eigenvalue weighted by Gasteiger charge is -2.07. The predicted molar refractivity (Wildman–Crippen MR) is 114 cm³/mol. The Morgan fingerprint density at radius 3 is 1.40 bits per heavy atom. The van der Waals surface area contributed by atoms with Crippen molar-refractivity contribution < 1.29 is 34.2 Å². The molecule has 0 radical (unpaired) electrons. The van der Waals surface area contributed by atoms with Crippen molar-refractivity contribution in [2.45, 2.75) is 11.3 Å². The van der Waals surface area contributed by atoms with Gasteiger partial charge < -0.3 is 4.55 Å². The van der Waals surface area contributed by atoms with Crippen LogP contribution in [0, 0.1) is 7.14 Å². The van der Waals surface area contributed by atoms with E-state index < -0.39 is 10.1 Å². The first-order valence-electron chi connectivity index (χ1n) is 9.34. The Bertz CT molecular complexity index is 1090. The molecule has 0 bridgehead atoms. The largest absolute Gasteiger partial charge is 0.744 e. The normalized spacial score (nSPS) is 10.7. The van der Waals surface area contributed by atoms with Crippen molar-refractivity contribution in [1.29, 1.82) is 0 Å².